The van der Waals surface area contributed by atoms with E-state index in [0.717, 1.165) is 52.3 Å². The lowest BCUT2D eigenvalue weighted by molar-refractivity contribution is -0.103. The van der Waals surface area contributed by atoms with E-state index in [1.807, 2.05) is 23.9 Å². The molecule has 6 rings (SSSR count). The van der Waals surface area contributed by atoms with Crippen LogP contribution in [0.5, 0.6) is 11.5 Å². The maximum Gasteiger partial charge on any atom is 0.206 e. The van der Waals surface area contributed by atoms with Crippen LogP contribution in [0.3, 0.4) is 0 Å². The third-order valence-electron chi connectivity index (χ3n) is 8.44. The van der Waals surface area contributed by atoms with E-state index in [-0.39, 0.29) is 5.92 Å². The molecule has 0 saturated heterocycles. The molecule has 0 fully saturated rings. The molecule has 0 bridgehead atoms. The van der Waals surface area contributed by atoms with Crippen LogP contribution < -0.4 is 9.47 Å². The van der Waals surface area contributed by atoms with Gasteiger partial charge in [0.1, 0.15) is 18.1 Å². The summed E-state index contributed by atoms with van der Waals surface area (Å²) in [5, 5.41) is 0. The van der Waals surface area contributed by atoms with Gasteiger partial charge in [-0.2, -0.15) is 0 Å². The summed E-state index contributed by atoms with van der Waals surface area (Å²) >= 11 is 1.91. The van der Waals surface area contributed by atoms with Crippen LogP contribution in [0.1, 0.15) is 49.7 Å². The summed E-state index contributed by atoms with van der Waals surface area (Å²) in [6.07, 6.45) is 1.68. The zero-order chi connectivity index (χ0) is 30.1. The molecule has 4 heteroatoms. The van der Waals surface area contributed by atoms with Crippen molar-refractivity contribution in [2.45, 2.75) is 49.7 Å². The SMILES string of the molecule is CCC(C)c1ccc(OC(OCCOc2c(-c3ccccc3)cccc2-c2ccccc2)C2CCSc3ccccc32)cc1. The number of thioether (sulfide) groups is 1. The summed E-state index contributed by atoms with van der Waals surface area (Å²) in [7, 11) is 0. The van der Waals surface area contributed by atoms with Gasteiger partial charge in [0.05, 0.1) is 6.61 Å². The zero-order valence-electron chi connectivity index (χ0n) is 25.5. The number of ether oxygens (including phenoxy) is 3. The minimum Gasteiger partial charge on any atom is -0.490 e. The Kier molecular flexibility index (Phi) is 10.0. The van der Waals surface area contributed by atoms with E-state index in [1.165, 1.54) is 16.0 Å². The number of rotatable bonds is 12. The van der Waals surface area contributed by atoms with Gasteiger partial charge in [0.15, 0.2) is 0 Å². The first-order valence-electron chi connectivity index (χ1n) is 15.7. The van der Waals surface area contributed by atoms with Gasteiger partial charge in [-0.05, 0) is 65.0 Å². The highest BCUT2D eigenvalue weighted by molar-refractivity contribution is 7.99. The molecule has 0 radical (unpaired) electrons. The Bertz CT molecular complexity index is 1560. The highest BCUT2D eigenvalue weighted by atomic mass is 32.2. The molecule has 0 saturated carbocycles. The average Bonchev–Trinajstić information content (AvgIpc) is 3.10. The van der Waals surface area contributed by atoms with Gasteiger partial charge in [-0.3, -0.25) is 0 Å². The maximum atomic E-state index is 6.63. The summed E-state index contributed by atoms with van der Waals surface area (Å²) in [5.41, 5.74) is 7.01. The van der Waals surface area contributed by atoms with Crippen molar-refractivity contribution in [2.75, 3.05) is 19.0 Å². The van der Waals surface area contributed by atoms with E-state index in [9.17, 15) is 0 Å². The van der Waals surface area contributed by atoms with E-state index < -0.39 is 6.29 Å². The maximum absolute atomic E-state index is 6.63. The smallest absolute Gasteiger partial charge is 0.206 e. The van der Waals surface area contributed by atoms with Gasteiger partial charge in [0.25, 0.3) is 0 Å². The number of benzene rings is 5. The largest absolute Gasteiger partial charge is 0.490 e. The molecule has 0 aromatic heterocycles. The molecule has 1 aliphatic heterocycles. The van der Waals surface area contributed by atoms with Crippen LogP contribution in [0.15, 0.2) is 132 Å². The minimum absolute atomic E-state index is 0.137. The van der Waals surface area contributed by atoms with Crippen LogP contribution in [-0.2, 0) is 4.74 Å². The van der Waals surface area contributed by atoms with Crippen molar-refractivity contribution in [3.63, 3.8) is 0 Å². The molecule has 5 aromatic rings. The van der Waals surface area contributed by atoms with Crippen molar-refractivity contribution in [3.05, 3.63) is 139 Å². The molecular formula is C40H40O3S. The van der Waals surface area contributed by atoms with Crippen LogP contribution in [0, 0.1) is 0 Å². The lowest BCUT2D eigenvalue weighted by atomic mass is 9.95. The van der Waals surface area contributed by atoms with Crippen LogP contribution in [0.2, 0.25) is 0 Å². The van der Waals surface area contributed by atoms with E-state index in [0.29, 0.717) is 19.1 Å². The van der Waals surface area contributed by atoms with Gasteiger partial charge in [0.2, 0.25) is 6.29 Å². The molecular weight excluding hydrogens is 561 g/mol. The fraction of sp³-hybridized carbons (Fsp3) is 0.250. The van der Waals surface area contributed by atoms with Crippen LogP contribution in [0.4, 0.5) is 0 Å². The van der Waals surface area contributed by atoms with E-state index in [4.69, 9.17) is 14.2 Å². The van der Waals surface area contributed by atoms with E-state index >= 15 is 0 Å². The van der Waals surface area contributed by atoms with Crippen molar-refractivity contribution < 1.29 is 14.2 Å². The lowest BCUT2D eigenvalue weighted by Gasteiger charge is -2.32. The Hall–Kier alpha value is -3.99. The predicted octanol–water partition coefficient (Wildman–Crippen LogP) is 10.6. The number of para-hydroxylation sites is 1. The highest BCUT2D eigenvalue weighted by Crippen LogP contribution is 2.41. The molecule has 0 spiro atoms. The van der Waals surface area contributed by atoms with Gasteiger partial charge in [-0.25, -0.2) is 0 Å². The van der Waals surface area contributed by atoms with E-state index in [1.54, 1.807) is 0 Å². The van der Waals surface area contributed by atoms with Crippen molar-refractivity contribution in [2.24, 2.45) is 0 Å². The Morgan fingerprint density at radius 1 is 0.705 bits per heavy atom. The summed E-state index contributed by atoms with van der Waals surface area (Å²) < 4.78 is 19.8. The molecule has 44 heavy (non-hydrogen) atoms. The minimum atomic E-state index is -0.423. The second-order valence-corrected chi connectivity index (χ2v) is 12.4. The molecule has 1 heterocycles. The first-order valence-corrected chi connectivity index (χ1v) is 16.7. The highest BCUT2D eigenvalue weighted by Gasteiger charge is 2.31. The number of hydrogen-bond acceptors (Lipinski definition) is 4. The van der Waals surface area contributed by atoms with Crippen LogP contribution in [0.25, 0.3) is 22.3 Å². The molecule has 0 N–H and O–H groups in total. The molecule has 3 atom stereocenters. The van der Waals surface area contributed by atoms with Crippen LogP contribution in [-0.4, -0.2) is 25.3 Å². The Morgan fingerprint density at radius 3 is 2.00 bits per heavy atom. The third kappa shape index (κ3) is 7.04. The molecule has 1 aliphatic rings. The molecule has 5 aromatic carbocycles. The first-order chi connectivity index (χ1) is 21.7. The summed E-state index contributed by atoms with van der Waals surface area (Å²) in [5.74, 6) is 3.40. The van der Waals surface area contributed by atoms with Crippen molar-refractivity contribution in [1.29, 1.82) is 0 Å². The summed E-state index contributed by atoms with van der Waals surface area (Å²) in [4.78, 5) is 1.31. The summed E-state index contributed by atoms with van der Waals surface area (Å²) in [6, 6.07) is 44.4. The second-order valence-electron chi connectivity index (χ2n) is 11.3. The predicted molar refractivity (Wildman–Crippen MR) is 183 cm³/mol. The van der Waals surface area contributed by atoms with Gasteiger partial charge in [0, 0.05) is 21.9 Å². The van der Waals surface area contributed by atoms with Gasteiger partial charge in [-0.15, -0.1) is 11.8 Å². The first kappa shape index (κ1) is 30.1. The molecule has 224 valence electrons. The lowest BCUT2D eigenvalue weighted by Crippen LogP contribution is -2.32. The topological polar surface area (TPSA) is 27.7 Å². The third-order valence-corrected chi connectivity index (χ3v) is 9.57. The normalized spacial score (nSPS) is 15.6. The van der Waals surface area contributed by atoms with Gasteiger partial charge in [-0.1, -0.05) is 123 Å². The van der Waals surface area contributed by atoms with Crippen molar-refractivity contribution >= 4 is 11.8 Å². The van der Waals surface area contributed by atoms with Crippen molar-refractivity contribution in [1.82, 2.24) is 0 Å². The fourth-order valence-corrected chi connectivity index (χ4v) is 6.97. The number of fused-ring (bicyclic) bond motifs is 1. The average molecular weight is 601 g/mol. The van der Waals surface area contributed by atoms with E-state index in [2.05, 4.69) is 129 Å². The molecule has 3 nitrogen and oxygen atoms in total. The standard InChI is InChI=1S/C40H40O3S/c1-3-29(2)30-21-23-33(24-22-30)43-40(37-25-28-44-38-20-11-10-17-36(37)38)42-27-26-41-39-34(31-13-6-4-7-14-31)18-12-19-35(39)32-15-8-5-9-16-32/h4-24,29,37,40H,3,25-28H2,1-2H3. The molecule has 0 aliphatic carbocycles. The Morgan fingerprint density at radius 2 is 1.34 bits per heavy atom. The zero-order valence-corrected chi connectivity index (χ0v) is 26.3. The summed E-state index contributed by atoms with van der Waals surface area (Å²) in [6.45, 7) is 5.29. The quantitative estimate of drug-likeness (QED) is 0.105. The monoisotopic (exact) mass is 600 g/mol. The van der Waals surface area contributed by atoms with Crippen molar-refractivity contribution in [3.8, 4) is 33.8 Å². The number of hydrogen-bond donors (Lipinski definition) is 0. The fourth-order valence-electron chi connectivity index (χ4n) is 5.82. The van der Waals surface area contributed by atoms with Gasteiger partial charge >= 0.3 is 0 Å². The van der Waals surface area contributed by atoms with Gasteiger partial charge < -0.3 is 14.2 Å². The van der Waals surface area contributed by atoms with Crippen LogP contribution >= 0.6 is 11.8 Å². The second kappa shape index (κ2) is 14.7. The molecule has 3 unspecified atom stereocenters. The Balaban J connectivity index is 1.23. The molecule has 0 amide bonds. The Labute approximate surface area is 266 Å².